The third kappa shape index (κ3) is 5.77. The van der Waals surface area contributed by atoms with Crippen molar-refractivity contribution < 1.29 is 22.6 Å². The van der Waals surface area contributed by atoms with Gasteiger partial charge in [-0.15, -0.1) is 0 Å². The molecular weight excluding hydrogens is 395 g/mol. The SMILES string of the molecule is CCCCCOc1ncc(C(F)(F)F)c(N(C)c2cccc(OC3CCCC3)c2)n1. The summed E-state index contributed by atoms with van der Waals surface area (Å²) in [7, 11) is 1.55. The molecule has 30 heavy (non-hydrogen) atoms. The number of nitrogens with zero attached hydrogens (tertiary/aromatic N) is 3. The van der Waals surface area contributed by atoms with Gasteiger partial charge in [-0.05, 0) is 44.2 Å². The van der Waals surface area contributed by atoms with Crippen LogP contribution >= 0.6 is 0 Å². The Morgan fingerprint density at radius 1 is 1.17 bits per heavy atom. The molecule has 1 aliphatic carbocycles. The Morgan fingerprint density at radius 2 is 1.93 bits per heavy atom. The summed E-state index contributed by atoms with van der Waals surface area (Å²) in [6.07, 6.45) is 3.44. The second kappa shape index (κ2) is 10.00. The number of benzene rings is 1. The minimum absolute atomic E-state index is 0.0562. The van der Waals surface area contributed by atoms with Crippen LogP contribution < -0.4 is 14.4 Å². The average molecular weight is 423 g/mol. The Hall–Kier alpha value is -2.51. The van der Waals surface area contributed by atoms with Gasteiger partial charge < -0.3 is 14.4 Å². The predicted molar refractivity (Wildman–Crippen MR) is 109 cm³/mol. The minimum Gasteiger partial charge on any atom is -0.490 e. The van der Waals surface area contributed by atoms with E-state index in [-0.39, 0.29) is 17.9 Å². The van der Waals surface area contributed by atoms with E-state index in [1.54, 1.807) is 25.2 Å². The lowest BCUT2D eigenvalue weighted by Crippen LogP contribution is -2.19. The Balaban J connectivity index is 1.84. The van der Waals surface area contributed by atoms with Gasteiger partial charge in [-0.2, -0.15) is 18.2 Å². The van der Waals surface area contributed by atoms with Crippen molar-refractivity contribution in [1.82, 2.24) is 9.97 Å². The Bertz CT molecular complexity index is 824. The maximum atomic E-state index is 13.6. The van der Waals surface area contributed by atoms with Crippen LogP contribution in [0.1, 0.15) is 57.4 Å². The first-order valence-corrected chi connectivity index (χ1v) is 10.5. The molecule has 0 bridgehead atoms. The number of aromatic nitrogens is 2. The summed E-state index contributed by atoms with van der Waals surface area (Å²) >= 11 is 0. The van der Waals surface area contributed by atoms with Crippen molar-refractivity contribution in [2.45, 2.75) is 64.1 Å². The van der Waals surface area contributed by atoms with Crippen molar-refractivity contribution >= 4 is 11.5 Å². The summed E-state index contributed by atoms with van der Waals surface area (Å²) < 4.78 is 52.2. The van der Waals surface area contributed by atoms with Gasteiger partial charge >= 0.3 is 12.2 Å². The van der Waals surface area contributed by atoms with E-state index in [1.165, 1.54) is 4.90 Å². The molecule has 0 amide bonds. The first kappa shape index (κ1) is 22.2. The number of ether oxygens (including phenoxy) is 2. The molecule has 3 rings (SSSR count). The van der Waals surface area contributed by atoms with Gasteiger partial charge in [0.15, 0.2) is 5.82 Å². The fraction of sp³-hybridized carbons (Fsp3) is 0.545. The maximum Gasteiger partial charge on any atom is 0.421 e. The van der Waals surface area contributed by atoms with Gasteiger partial charge in [-0.1, -0.05) is 25.8 Å². The molecule has 0 saturated heterocycles. The number of alkyl halides is 3. The highest BCUT2D eigenvalue weighted by atomic mass is 19.4. The molecule has 1 aromatic heterocycles. The molecule has 0 spiro atoms. The van der Waals surface area contributed by atoms with Crippen LogP contribution in [0.15, 0.2) is 30.5 Å². The number of hydrogen-bond donors (Lipinski definition) is 0. The van der Waals surface area contributed by atoms with Crippen LogP contribution in [0.2, 0.25) is 0 Å². The van der Waals surface area contributed by atoms with Crippen molar-refractivity contribution in [3.05, 3.63) is 36.0 Å². The van der Waals surface area contributed by atoms with E-state index in [1.807, 2.05) is 6.07 Å². The first-order valence-electron chi connectivity index (χ1n) is 10.5. The number of rotatable bonds is 9. The zero-order valence-corrected chi connectivity index (χ0v) is 17.4. The summed E-state index contributed by atoms with van der Waals surface area (Å²) in [5.74, 6) is 0.394. The van der Waals surface area contributed by atoms with Crippen LogP contribution in [-0.4, -0.2) is 29.7 Å². The predicted octanol–water partition coefficient (Wildman–Crippen LogP) is 6.15. The van der Waals surface area contributed by atoms with E-state index in [4.69, 9.17) is 9.47 Å². The van der Waals surface area contributed by atoms with Crippen molar-refractivity contribution in [1.29, 1.82) is 0 Å². The molecule has 8 heteroatoms. The molecule has 1 heterocycles. The van der Waals surface area contributed by atoms with E-state index in [9.17, 15) is 13.2 Å². The summed E-state index contributed by atoms with van der Waals surface area (Å²) in [5, 5.41) is 0. The van der Waals surface area contributed by atoms with E-state index >= 15 is 0 Å². The number of hydrogen-bond acceptors (Lipinski definition) is 5. The molecule has 0 radical (unpaired) electrons. The molecule has 1 aromatic carbocycles. The van der Waals surface area contributed by atoms with Gasteiger partial charge in [0.1, 0.15) is 11.3 Å². The molecular formula is C22H28F3N3O2. The van der Waals surface area contributed by atoms with Crippen molar-refractivity contribution in [3.8, 4) is 11.8 Å². The molecule has 1 aliphatic rings. The molecule has 0 atom stereocenters. The topological polar surface area (TPSA) is 47.5 Å². The first-order chi connectivity index (χ1) is 14.4. The van der Waals surface area contributed by atoms with Crippen LogP contribution in [0, 0.1) is 0 Å². The quantitative estimate of drug-likeness (QED) is 0.453. The van der Waals surface area contributed by atoms with Crippen LogP contribution in [-0.2, 0) is 6.18 Å². The van der Waals surface area contributed by atoms with E-state index < -0.39 is 11.7 Å². The van der Waals surface area contributed by atoms with Gasteiger partial charge in [0.05, 0.1) is 12.7 Å². The summed E-state index contributed by atoms with van der Waals surface area (Å²) in [6.45, 7) is 2.43. The van der Waals surface area contributed by atoms with Crippen LogP contribution in [0.4, 0.5) is 24.7 Å². The van der Waals surface area contributed by atoms with Crippen LogP contribution in [0.5, 0.6) is 11.8 Å². The molecule has 0 N–H and O–H groups in total. The number of halogens is 3. The molecule has 1 saturated carbocycles. The molecule has 164 valence electrons. The third-order valence-corrected chi connectivity index (χ3v) is 5.16. The van der Waals surface area contributed by atoms with Gasteiger partial charge in [0.2, 0.25) is 0 Å². The summed E-state index contributed by atoms with van der Waals surface area (Å²) in [4.78, 5) is 9.23. The van der Waals surface area contributed by atoms with Crippen molar-refractivity contribution in [3.63, 3.8) is 0 Å². The molecule has 2 aromatic rings. The maximum absolute atomic E-state index is 13.6. The van der Waals surface area contributed by atoms with E-state index in [0.29, 0.717) is 18.0 Å². The van der Waals surface area contributed by atoms with Gasteiger partial charge in [-0.3, -0.25) is 0 Å². The smallest absolute Gasteiger partial charge is 0.421 e. The normalized spacial score (nSPS) is 14.7. The van der Waals surface area contributed by atoms with Gasteiger partial charge in [0, 0.05) is 25.0 Å². The van der Waals surface area contributed by atoms with Gasteiger partial charge in [0.25, 0.3) is 0 Å². The van der Waals surface area contributed by atoms with Gasteiger partial charge in [-0.25, -0.2) is 4.98 Å². The molecule has 0 unspecified atom stereocenters. The third-order valence-electron chi connectivity index (χ3n) is 5.16. The lowest BCUT2D eigenvalue weighted by atomic mass is 10.2. The highest BCUT2D eigenvalue weighted by Crippen LogP contribution is 2.38. The molecule has 0 aliphatic heterocycles. The average Bonchev–Trinajstić information content (AvgIpc) is 3.23. The number of unbranched alkanes of at least 4 members (excludes halogenated alkanes) is 2. The highest BCUT2D eigenvalue weighted by molar-refractivity contribution is 5.64. The fourth-order valence-electron chi connectivity index (χ4n) is 3.48. The molecule has 5 nitrogen and oxygen atoms in total. The van der Waals surface area contributed by atoms with Crippen LogP contribution in [0.25, 0.3) is 0 Å². The standard InChI is InChI=1S/C22H28F3N3O2/c1-3-4-7-13-29-21-26-15-19(22(23,24)25)20(27-21)28(2)16-9-8-12-18(14-16)30-17-10-5-6-11-17/h8-9,12,14-15,17H,3-7,10-11,13H2,1-2H3. The highest BCUT2D eigenvalue weighted by Gasteiger charge is 2.37. The Kier molecular flexibility index (Phi) is 7.39. The summed E-state index contributed by atoms with van der Waals surface area (Å²) in [5.41, 5.74) is -0.361. The lowest BCUT2D eigenvalue weighted by Gasteiger charge is -2.23. The van der Waals surface area contributed by atoms with Crippen molar-refractivity contribution in [2.24, 2.45) is 0 Å². The Morgan fingerprint density at radius 3 is 2.63 bits per heavy atom. The lowest BCUT2D eigenvalue weighted by molar-refractivity contribution is -0.137. The number of anilines is 2. The Labute approximate surface area is 175 Å². The molecule has 1 fully saturated rings. The zero-order valence-electron chi connectivity index (χ0n) is 17.4. The second-order valence-corrected chi connectivity index (χ2v) is 7.52. The van der Waals surface area contributed by atoms with Crippen LogP contribution in [0.3, 0.4) is 0 Å². The van der Waals surface area contributed by atoms with Crippen molar-refractivity contribution in [2.75, 3.05) is 18.6 Å². The fourth-order valence-corrected chi connectivity index (χ4v) is 3.48. The minimum atomic E-state index is -4.58. The largest absolute Gasteiger partial charge is 0.490 e. The van der Waals surface area contributed by atoms with E-state index in [2.05, 4.69) is 16.9 Å². The summed E-state index contributed by atoms with van der Waals surface area (Å²) in [6, 6.07) is 7.00. The second-order valence-electron chi connectivity index (χ2n) is 7.52. The zero-order chi connectivity index (χ0) is 21.6. The van der Waals surface area contributed by atoms with E-state index in [0.717, 1.165) is 51.1 Å². The monoisotopic (exact) mass is 423 g/mol.